The number of carbonyl (C=O) groups excluding carboxylic acids is 1. The Bertz CT molecular complexity index is 1520. The average Bonchev–Trinajstić information content (AvgIpc) is 3.06. The highest BCUT2D eigenvalue weighted by molar-refractivity contribution is 5.72. The minimum Gasteiger partial charge on any atom is -0.463 e. The number of alkyl halides is 2. The molecule has 0 amide bonds. The van der Waals surface area contributed by atoms with Gasteiger partial charge in [0.05, 0.1) is 17.3 Å². The zero-order chi connectivity index (χ0) is 33.9. The lowest BCUT2D eigenvalue weighted by Gasteiger charge is -2.40. The summed E-state index contributed by atoms with van der Waals surface area (Å²) in [6, 6.07) is 9.73. The number of aromatic nitrogens is 3. The number of aliphatic hydroxyl groups excluding tert-OH is 3. The topological polar surface area (TPSA) is 176 Å². The molecule has 3 aromatic rings. The Hall–Kier alpha value is -3.66. The van der Waals surface area contributed by atoms with Gasteiger partial charge in [0.2, 0.25) is 0 Å². The number of pyridine rings is 3. The van der Waals surface area contributed by atoms with Crippen LogP contribution in [0.15, 0.2) is 48.8 Å². The monoisotopic (exact) mass is 658 g/mol. The van der Waals surface area contributed by atoms with E-state index in [1.807, 2.05) is 19.1 Å². The Balaban J connectivity index is 1.17. The predicted molar refractivity (Wildman–Crippen MR) is 164 cm³/mol. The summed E-state index contributed by atoms with van der Waals surface area (Å²) >= 11 is 0. The van der Waals surface area contributed by atoms with Gasteiger partial charge in [-0.15, -0.1) is 0 Å². The molecule has 1 aliphatic carbocycles. The Morgan fingerprint density at radius 2 is 1.79 bits per heavy atom. The van der Waals surface area contributed by atoms with E-state index in [-0.39, 0.29) is 23.9 Å². The summed E-state index contributed by atoms with van der Waals surface area (Å²) in [4.78, 5) is 26.1. The quantitative estimate of drug-likeness (QED) is 0.201. The fraction of sp³-hybridized carbons (Fsp3) is 0.515. The Labute approximate surface area is 270 Å². The molecule has 5 rings (SSSR count). The van der Waals surface area contributed by atoms with Crippen LogP contribution in [0.1, 0.15) is 55.9 Å². The fourth-order valence-electron chi connectivity index (χ4n) is 6.14. The van der Waals surface area contributed by atoms with E-state index >= 15 is 0 Å². The van der Waals surface area contributed by atoms with E-state index in [1.165, 1.54) is 25.4 Å². The first-order valence-electron chi connectivity index (χ1n) is 15.5. The van der Waals surface area contributed by atoms with Crippen molar-refractivity contribution in [1.82, 2.24) is 15.0 Å². The molecule has 3 aromatic heterocycles. The van der Waals surface area contributed by atoms with Crippen LogP contribution in [-0.2, 0) is 24.6 Å². The van der Waals surface area contributed by atoms with Gasteiger partial charge in [-0.2, -0.15) is 0 Å². The van der Waals surface area contributed by atoms with Crippen molar-refractivity contribution in [1.29, 1.82) is 0 Å². The molecule has 12 nitrogen and oxygen atoms in total. The maximum Gasteiger partial charge on any atom is 0.309 e. The van der Waals surface area contributed by atoms with Crippen LogP contribution in [0.2, 0.25) is 0 Å². The van der Waals surface area contributed by atoms with Crippen LogP contribution in [0.25, 0.3) is 11.3 Å². The molecular formula is C33H40F2N4O8. The van der Waals surface area contributed by atoms with Crippen LogP contribution in [-0.4, -0.2) is 85.8 Å². The summed E-state index contributed by atoms with van der Waals surface area (Å²) in [6.45, 7) is 3.28. The van der Waals surface area contributed by atoms with Gasteiger partial charge in [-0.1, -0.05) is 0 Å². The average molecular weight is 659 g/mol. The Kier molecular flexibility index (Phi) is 10.8. The molecule has 254 valence electrons. The van der Waals surface area contributed by atoms with E-state index in [4.69, 9.17) is 14.2 Å². The van der Waals surface area contributed by atoms with Gasteiger partial charge in [0, 0.05) is 30.6 Å². The standard InChI is InChI=1S/C33H40F2N4O8/c1-17-12-22(38-26(13-17)39-25-14-19(30(34)35)10-11-36-25)20-6-9-24(37-15-20)33(2,44)21-7-4-18(5-8-21)31(43)46-16-23-27(40)28(41)29(42)32(45-3)47-23/h6,9-15,18,21,23,27-30,32,40-42,44H,4-5,7-8,16H2,1-3H3,(H,36,38,39)/t18?,21?,23-,27-,28+,29-,32+,33-/m1/s1. The molecule has 1 aliphatic heterocycles. The third kappa shape index (κ3) is 7.91. The van der Waals surface area contributed by atoms with Gasteiger partial charge < -0.3 is 40.0 Å². The van der Waals surface area contributed by atoms with E-state index in [9.17, 15) is 34.0 Å². The smallest absolute Gasteiger partial charge is 0.309 e. The van der Waals surface area contributed by atoms with Crippen LogP contribution in [0.4, 0.5) is 20.4 Å². The maximum absolute atomic E-state index is 13.1. The van der Waals surface area contributed by atoms with Crippen molar-refractivity contribution < 1.29 is 48.2 Å². The largest absolute Gasteiger partial charge is 0.463 e. The first-order valence-corrected chi connectivity index (χ1v) is 15.5. The maximum atomic E-state index is 13.1. The number of aliphatic hydroxyl groups is 4. The number of aryl methyl sites for hydroxylation is 1. The first kappa shape index (κ1) is 34.7. The molecule has 4 heterocycles. The third-order valence-corrected chi connectivity index (χ3v) is 8.99. The van der Waals surface area contributed by atoms with E-state index in [0.717, 1.165) is 5.56 Å². The van der Waals surface area contributed by atoms with Gasteiger partial charge in [0.25, 0.3) is 6.43 Å². The number of carbonyl (C=O) groups is 1. The van der Waals surface area contributed by atoms with Gasteiger partial charge in [-0.05, 0) is 87.4 Å². The zero-order valence-electron chi connectivity index (χ0n) is 26.3. The van der Waals surface area contributed by atoms with E-state index < -0.39 is 54.6 Å². The minimum atomic E-state index is -2.62. The number of anilines is 2. The molecule has 14 heteroatoms. The second kappa shape index (κ2) is 14.6. The Morgan fingerprint density at radius 1 is 1.04 bits per heavy atom. The molecular weight excluding hydrogens is 618 g/mol. The molecule has 0 spiro atoms. The molecule has 0 radical (unpaired) electrons. The number of nitrogens with zero attached hydrogens (tertiary/aromatic N) is 3. The molecule has 6 atom stereocenters. The van der Waals surface area contributed by atoms with Crippen LogP contribution >= 0.6 is 0 Å². The number of halogens is 2. The molecule has 2 aliphatic rings. The summed E-state index contributed by atoms with van der Waals surface area (Å²) in [5.74, 6) is -0.361. The summed E-state index contributed by atoms with van der Waals surface area (Å²) in [5, 5.41) is 44.7. The fourth-order valence-corrected chi connectivity index (χ4v) is 6.14. The van der Waals surface area contributed by atoms with Gasteiger partial charge in [-0.25, -0.2) is 18.7 Å². The van der Waals surface area contributed by atoms with Crippen molar-refractivity contribution in [2.45, 2.75) is 82.3 Å². The van der Waals surface area contributed by atoms with Crippen LogP contribution in [0, 0.1) is 18.8 Å². The molecule has 0 unspecified atom stereocenters. The van der Waals surface area contributed by atoms with Gasteiger partial charge >= 0.3 is 5.97 Å². The number of methoxy groups -OCH3 is 1. The Morgan fingerprint density at radius 3 is 2.45 bits per heavy atom. The van der Waals surface area contributed by atoms with Crippen molar-refractivity contribution in [3.05, 3.63) is 65.6 Å². The highest BCUT2D eigenvalue weighted by Gasteiger charge is 2.45. The van der Waals surface area contributed by atoms with Crippen molar-refractivity contribution >= 4 is 17.6 Å². The lowest BCUT2D eigenvalue weighted by Crippen LogP contribution is -2.59. The number of nitrogens with one attached hydrogen (secondary N) is 1. The van der Waals surface area contributed by atoms with Crippen LogP contribution < -0.4 is 5.32 Å². The molecule has 1 saturated heterocycles. The molecule has 5 N–H and O–H groups in total. The molecule has 47 heavy (non-hydrogen) atoms. The summed E-state index contributed by atoms with van der Waals surface area (Å²) < 4.78 is 42.0. The second-order valence-electron chi connectivity index (χ2n) is 12.3. The summed E-state index contributed by atoms with van der Waals surface area (Å²) in [6.07, 6.45) is -4.26. The third-order valence-electron chi connectivity index (χ3n) is 8.99. The summed E-state index contributed by atoms with van der Waals surface area (Å²) in [7, 11) is 1.29. The number of hydrogen-bond donors (Lipinski definition) is 5. The van der Waals surface area contributed by atoms with Crippen molar-refractivity contribution in [3.8, 4) is 11.3 Å². The number of ether oxygens (including phenoxy) is 3. The van der Waals surface area contributed by atoms with E-state index in [0.29, 0.717) is 48.5 Å². The van der Waals surface area contributed by atoms with Crippen molar-refractivity contribution in [2.24, 2.45) is 11.8 Å². The molecule has 0 bridgehead atoms. The number of rotatable bonds is 10. The lowest BCUT2D eigenvalue weighted by molar-refractivity contribution is -0.295. The normalized spacial score (nSPS) is 27.7. The van der Waals surface area contributed by atoms with E-state index in [1.54, 1.807) is 25.3 Å². The van der Waals surface area contributed by atoms with Crippen LogP contribution in [0.3, 0.4) is 0 Å². The number of esters is 1. The van der Waals surface area contributed by atoms with Gasteiger partial charge in [0.15, 0.2) is 6.29 Å². The van der Waals surface area contributed by atoms with Gasteiger partial charge in [0.1, 0.15) is 48.3 Å². The molecule has 2 fully saturated rings. The van der Waals surface area contributed by atoms with Gasteiger partial charge in [-0.3, -0.25) is 9.78 Å². The number of hydrogen-bond acceptors (Lipinski definition) is 12. The first-order chi connectivity index (χ1) is 22.4. The van der Waals surface area contributed by atoms with Crippen LogP contribution in [0.5, 0.6) is 0 Å². The minimum absolute atomic E-state index is 0.147. The zero-order valence-corrected chi connectivity index (χ0v) is 26.3. The lowest BCUT2D eigenvalue weighted by atomic mass is 9.73. The summed E-state index contributed by atoms with van der Waals surface area (Å²) in [5.41, 5.74) is 1.24. The predicted octanol–water partition coefficient (Wildman–Crippen LogP) is 3.54. The molecule has 0 aromatic carbocycles. The van der Waals surface area contributed by atoms with Crippen molar-refractivity contribution in [2.75, 3.05) is 19.0 Å². The SMILES string of the molecule is CO[C@H]1O[C@H](COC(=O)C2CCC([C@@](C)(O)c3ccc(-c4cc(C)cc(Nc5cc(C(F)F)ccn5)n4)cn3)CC2)[C@@H](O)[C@H](O)[C@H]1O. The highest BCUT2D eigenvalue weighted by atomic mass is 19.3. The molecule has 1 saturated carbocycles. The highest BCUT2D eigenvalue weighted by Crippen LogP contribution is 2.41. The van der Waals surface area contributed by atoms with Crippen molar-refractivity contribution in [3.63, 3.8) is 0 Å². The van der Waals surface area contributed by atoms with E-state index in [2.05, 4.69) is 20.3 Å². The second-order valence-corrected chi connectivity index (χ2v) is 12.3.